The summed E-state index contributed by atoms with van der Waals surface area (Å²) in [6, 6.07) is 0.459. The summed E-state index contributed by atoms with van der Waals surface area (Å²) in [6.07, 6.45) is 6.29. The number of rotatable bonds is 2. The lowest BCUT2D eigenvalue weighted by Crippen LogP contribution is -2.40. The maximum atomic E-state index is 10.9. The molecule has 0 heterocycles. The maximum absolute atomic E-state index is 10.9. The van der Waals surface area contributed by atoms with Gasteiger partial charge in [-0.3, -0.25) is 4.79 Å². The summed E-state index contributed by atoms with van der Waals surface area (Å²) in [4.78, 5) is 10.9. The van der Waals surface area contributed by atoms with Crippen LogP contribution >= 0.6 is 0 Å². The smallest absolute Gasteiger partial charge is 0.217 e. The second kappa shape index (κ2) is 4.48. The van der Waals surface area contributed by atoms with Crippen molar-refractivity contribution < 1.29 is 4.79 Å². The van der Waals surface area contributed by atoms with E-state index in [2.05, 4.69) is 12.2 Å². The average molecular weight is 169 g/mol. The molecule has 1 fully saturated rings. The highest BCUT2D eigenvalue weighted by atomic mass is 16.1. The van der Waals surface area contributed by atoms with Crippen LogP contribution in [0.1, 0.15) is 46.0 Å². The molecule has 70 valence electrons. The lowest BCUT2D eigenvalue weighted by atomic mass is 9.83. The van der Waals surface area contributed by atoms with Crippen LogP contribution in [0.4, 0.5) is 0 Å². The van der Waals surface area contributed by atoms with Crippen molar-refractivity contribution in [2.24, 2.45) is 5.92 Å². The van der Waals surface area contributed by atoms with Crippen molar-refractivity contribution >= 4 is 5.91 Å². The van der Waals surface area contributed by atoms with Crippen LogP contribution in [0.15, 0.2) is 0 Å². The molecule has 0 spiro atoms. The van der Waals surface area contributed by atoms with E-state index in [-0.39, 0.29) is 5.91 Å². The van der Waals surface area contributed by atoms with Gasteiger partial charge in [0.25, 0.3) is 0 Å². The van der Waals surface area contributed by atoms with Gasteiger partial charge >= 0.3 is 0 Å². The third-order valence-electron chi connectivity index (χ3n) is 2.82. The third kappa shape index (κ3) is 2.50. The van der Waals surface area contributed by atoms with Gasteiger partial charge in [-0.2, -0.15) is 0 Å². The van der Waals surface area contributed by atoms with Crippen molar-refractivity contribution in [1.29, 1.82) is 0 Å². The molecule has 0 aromatic rings. The first-order valence-electron chi connectivity index (χ1n) is 5.01. The van der Waals surface area contributed by atoms with Crippen molar-refractivity contribution in [2.45, 2.75) is 52.0 Å². The van der Waals surface area contributed by atoms with Crippen LogP contribution in [-0.4, -0.2) is 11.9 Å². The average Bonchev–Trinajstić information content (AvgIpc) is 2.04. The zero-order valence-electron chi connectivity index (χ0n) is 8.10. The van der Waals surface area contributed by atoms with Crippen molar-refractivity contribution in [3.63, 3.8) is 0 Å². The van der Waals surface area contributed by atoms with E-state index in [1.807, 2.05) is 0 Å². The largest absolute Gasteiger partial charge is 0.353 e. The van der Waals surface area contributed by atoms with Gasteiger partial charge in [-0.25, -0.2) is 0 Å². The molecule has 2 nitrogen and oxygen atoms in total. The molecule has 0 aromatic heterocycles. The molecule has 0 bridgehead atoms. The minimum Gasteiger partial charge on any atom is -0.353 e. The topological polar surface area (TPSA) is 29.1 Å². The van der Waals surface area contributed by atoms with Crippen molar-refractivity contribution in [2.75, 3.05) is 0 Å². The lowest BCUT2D eigenvalue weighted by Gasteiger charge is -2.31. The molecule has 1 aliphatic rings. The molecular weight excluding hydrogens is 150 g/mol. The molecule has 1 N–H and O–H groups in total. The first-order valence-corrected chi connectivity index (χ1v) is 5.01. The minimum atomic E-state index is 0.125. The fourth-order valence-electron chi connectivity index (χ4n) is 2.15. The highest BCUT2D eigenvalue weighted by molar-refractivity contribution is 5.73. The monoisotopic (exact) mass is 169 g/mol. The van der Waals surface area contributed by atoms with E-state index in [9.17, 15) is 4.79 Å². The number of hydrogen-bond donors (Lipinski definition) is 1. The number of hydrogen-bond acceptors (Lipinski definition) is 1. The number of nitrogens with one attached hydrogen (secondary N) is 1. The van der Waals surface area contributed by atoms with Gasteiger partial charge in [0.15, 0.2) is 0 Å². The van der Waals surface area contributed by atoms with Crippen molar-refractivity contribution in [3.8, 4) is 0 Å². The Labute approximate surface area is 74.7 Å². The van der Waals surface area contributed by atoms with Gasteiger partial charge in [-0.05, 0) is 18.8 Å². The molecule has 2 atom stereocenters. The predicted octanol–water partition coefficient (Wildman–Crippen LogP) is 2.09. The number of carbonyl (C=O) groups excluding carboxylic acids is 1. The minimum absolute atomic E-state index is 0.125. The van der Waals surface area contributed by atoms with Crippen LogP contribution in [0.3, 0.4) is 0 Å². The molecule has 0 radical (unpaired) electrons. The summed E-state index contributed by atoms with van der Waals surface area (Å²) in [5, 5.41) is 3.04. The summed E-state index contributed by atoms with van der Waals surface area (Å²) in [5.74, 6) is 0.850. The summed E-state index contributed by atoms with van der Waals surface area (Å²) < 4.78 is 0. The van der Waals surface area contributed by atoms with Crippen LogP contribution in [0.2, 0.25) is 0 Å². The molecule has 2 heteroatoms. The molecule has 0 aliphatic heterocycles. The fourth-order valence-corrected chi connectivity index (χ4v) is 2.15. The zero-order chi connectivity index (χ0) is 8.97. The Balaban J connectivity index is 2.41. The van der Waals surface area contributed by atoms with Crippen LogP contribution in [0.5, 0.6) is 0 Å². The predicted molar refractivity (Wildman–Crippen MR) is 49.9 cm³/mol. The van der Waals surface area contributed by atoms with Gasteiger partial charge in [-0.1, -0.05) is 26.2 Å². The van der Waals surface area contributed by atoms with Crippen LogP contribution in [0.25, 0.3) is 0 Å². The Morgan fingerprint density at radius 1 is 1.42 bits per heavy atom. The molecule has 0 saturated heterocycles. The molecule has 0 unspecified atom stereocenters. The third-order valence-corrected chi connectivity index (χ3v) is 2.82. The Morgan fingerprint density at radius 3 is 2.67 bits per heavy atom. The number of amides is 1. The standard InChI is InChI=1S/C10H19NO/c1-3-9-6-4-5-7-10(9)11-8(2)12/h9-10H,3-7H2,1-2H3,(H,11,12)/t9-,10-/m1/s1. The molecular formula is C10H19NO. The maximum Gasteiger partial charge on any atom is 0.217 e. The van der Waals surface area contributed by atoms with Crippen LogP contribution in [0, 0.1) is 5.92 Å². The molecule has 1 aliphatic carbocycles. The van der Waals surface area contributed by atoms with E-state index in [4.69, 9.17) is 0 Å². The fraction of sp³-hybridized carbons (Fsp3) is 0.900. The molecule has 1 amide bonds. The second-order valence-electron chi connectivity index (χ2n) is 3.76. The molecule has 0 aromatic carbocycles. The lowest BCUT2D eigenvalue weighted by molar-refractivity contribution is -0.120. The normalized spacial score (nSPS) is 29.8. The Bertz CT molecular complexity index is 156. The van der Waals surface area contributed by atoms with Crippen LogP contribution < -0.4 is 5.32 Å². The van der Waals surface area contributed by atoms with Gasteiger partial charge in [-0.15, -0.1) is 0 Å². The highest BCUT2D eigenvalue weighted by Gasteiger charge is 2.23. The van der Waals surface area contributed by atoms with Gasteiger partial charge in [0, 0.05) is 13.0 Å². The van der Waals surface area contributed by atoms with Crippen LogP contribution in [-0.2, 0) is 4.79 Å². The quantitative estimate of drug-likeness (QED) is 0.673. The van der Waals surface area contributed by atoms with E-state index in [1.165, 1.54) is 32.1 Å². The summed E-state index contributed by atoms with van der Waals surface area (Å²) in [6.45, 7) is 3.83. The van der Waals surface area contributed by atoms with E-state index < -0.39 is 0 Å². The highest BCUT2D eigenvalue weighted by Crippen LogP contribution is 2.26. The van der Waals surface area contributed by atoms with Gasteiger partial charge < -0.3 is 5.32 Å². The van der Waals surface area contributed by atoms with E-state index >= 15 is 0 Å². The van der Waals surface area contributed by atoms with Gasteiger partial charge in [0.05, 0.1) is 0 Å². The summed E-state index contributed by atoms with van der Waals surface area (Å²) in [5.41, 5.74) is 0. The van der Waals surface area contributed by atoms with E-state index in [1.54, 1.807) is 6.92 Å². The first kappa shape index (κ1) is 9.56. The molecule has 12 heavy (non-hydrogen) atoms. The number of carbonyl (C=O) groups is 1. The molecule has 1 saturated carbocycles. The summed E-state index contributed by atoms with van der Waals surface area (Å²) >= 11 is 0. The molecule has 1 rings (SSSR count). The zero-order valence-corrected chi connectivity index (χ0v) is 8.10. The second-order valence-corrected chi connectivity index (χ2v) is 3.76. The Kier molecular flexibility index (Phi) is 3.57. The van der Waals surface area contributed by atoms with Gasteiger partial charge in [0.2, 0.25) is 5.91 Å². The Morgan fingerprint density at radius 2 is 2.08 bits per heavy atom. The van der Waals surface area contributed by atoms with E-state index in [0.717, 1.165) is 5.92 Å². The van der Waals surface area contributed by atoms with Crippen molar-refractivity contribution in [3.05, 3.63) is 0 Å². The van der Waals surface area contributed by atoms with Gasteiger partial charge in [0.1, 0.15) is 0 Å². The summed E-state index contributed by atoms with van der Waals surface area (Å²) in [7, 11) is 0. The van der Waals surface area contributed by atoms with E-state index in [0.29, 0.717) is 6.04 Å². The van der Waals surface area contributed by atoms with Crippen molar-refractivity contribution in [1.82, 2.24) is 5.32 Å². The SMILES string of the molecule is CC[C@@H]1CCCC[C@H]1NC(C)=O. The Hall–Kier alpha value is -0.530. The first-order chi connectivity index (χ1) is 5.74.